The fourth-order valence-corrected chi connectivity index (χ4v) is 5.29. The summed E-state index contributed by atoms with van der Waals surface area (Å²) in [5, 5.41) is 0. The lowest BCUT2D eigenvalue weighted by Crippen LogP contribution is -2.29. The molecule has 4 rings (SSSR count). The topological polar surface area (TPSA) is 90.0 Å². The first-order valence-electron chi connectivity index (χ1n) is 10.4. The number of Topliss-reactive ketones (excluding diaryl/α,β-unsaturated/α-hetero) is 1. The Balaban J connectivity index is 1.51. The third-order valence-corrected chi connectivity index (χ3v) is 7.34. The summed E-state index contributed by atoms with van der Waals surface area (Å²) in [7, 11) is -2.33. The molecule has 33 heavy (non-hydrogen) atoms. The monoisotopic (exact) mass is 465 g/mol. The number of hydrogen-bond donors (Lipinski definition) is 0. The number of para-hydroxylation sites is 1. The molecule has 0 aromatic heterocycles. The number of ether oxygens (including phenoxy) is 2. The Bertz CT molecular complexity index is 1300. The number of ketones is 1. The number of carbonyl (C=O) groups is 2. The van der Waals surface area contributed by atoms with Crippen LogP contribution in [0.5, 0.6) is 5.75 Å². The quantitative estimate of drug-likeness (QED) is 0.389. The van der Waals surface area contributed by atoms with Gasteiger partial charge in [0.1, 0.15) is 5.75 Å². The summed E-state index contributed by atoms with van der Waals surface area (Å²) in [4.78, 5) is 25.3. The summed E-state index contributed by atoms with van der Waals surface area (Å²) in [5.41, 5.74) is 2.03. The smallest absolute Gasteiger partial charge is 0.338 e. The van der Waals surface area contributed by atoms with E-state index in [0.29, 0.717) is 30.0 Å². The Labute approximate surface area is 192 Å². The van der Waals surface area contributed by atoms with Crippen LogP contribution in [0, 0.1) is 0 Å². The highest BCUT2D eigenvalue weighted by Crippen LogP contribution is 2.32. The number of nitrogens with zero attached hydrogens (tertiary/aromatic N) is 1. The summed E-state index contributed by atoms with van der Waals surface area (Å²) in [6, 6.07) is 19.5. The normalized spacial score (nSPS) is 13.8. The van der Waals surface area contributed by atoms with Crippen LogP contribution in [0.25, 0.3) is 0 Å². The molecule has 7 nitrogen and oxygen atoms in total. The van der Waals surface area contributed by atoms with Gasteiger partial charge in [-0.2, -0.15) is 0 Å². The minimum atomic E-state index is -3.86. The Kier molecular flexibility index (Phi) is 6.20. The van der Waals surface area contributed by atoms with Gasteiger partial charge in [-0.25, -0.2) is 13.2 Å². The fraction of sp³-hybridized carbons (Fsp3) is 0.200. The maximum atomic E-state index is 13.2. The summed E-state index contributed by atoms with van der Waals surface area (Å²) >= 11 is 0. The van der Waals surface area contributed by atoms with E-state index in [0.717, 1.165) is 5.56 Å². The Morgan fingerprint density at radius 2 is 1.67 bits per heavy atom. The summed E-state index contributed by atoms with van der Waals surface area (Å²) in [5.74, 6) is -0.540. The largest absolute Gasteiger partial charge is 0.497 e. The van der Waals surface area contributed by atoms with Crippen molar-refractivity contribution in [1.29, 1.82) is 0 Å². The van der Waals surface area contributed by atoms with Gasteiger partial charge in [0.25, 0.3) is 10.0 Å². The summed E-state index contributed by atoms with van der Waals surface area (Å²) < 4.78 is 38.3. The lowest BCUT2D eigenvalue weighted by atomic mass is 10.1. The van der Waals surface area contributed by atoms with Crippen molar-refractivity contribution in [3.8, 4) is 5.75 Å². The minimum Gasteiger partial charge on any atom is -0.497 e. The Morgan fingerprint density at radius 1 is 0.939 bits per heavy atom. The highest BCUT2D eigenvalue weighted by Gasteiger charge is 2.31. The average Bonchev–Trinajstić information content (AvgIpc) is 3.29. The predicted octanol–water partition coefficient (Wildman–Crippen LogP) is 3.87. The molecular formula is C25H23NO6S. The van der Waals surface area contributed by atoms with Gasteiger partial charge in [-0.1, -0.05) is 24.3 Å². The summed E-state index contributed by atoms with van der Waals surface area (Å²) in [6.07, 6.45) is -0.418. The summed E-state index contributed by atoms with van der Waals surface area (Å²) in [6.45, 7) is 1.82. The van der Waals surface area contributed by atoms with Crippen molar-refractivity contribution in [2.75, 3.05) is 18.0 Å². The number of fused-ring (bicyclic) bond motifs is 1. The van der Waals surface area contributed by atoms with Crippen LogP contribution >= 0.6 is 0 Å². The lowest BCUT2D eigenvalue weighted by Gasteiger charge is -2.20. The molecule has 3 aromatic rings. The van der Waals surface area contributed by atoms with Gasteiger partial charge in [0.2, 0.25) is 5.78 Å². The number of sulfonamides is 1. The molecule has 1 heterocycles. The maximum Gasteiger partial charge on any atom is 0.338 e. The van der Waals surface area contributed by atoms with Crippen LogP contribution in [-0.4, -0.2) is 39.9 Å². The first kappa shape index (κ1) is 22.5. The van der Waals surface area contributed by atoms with Crippen molar-refractivity contribution in [3.63, 3.8) is 0 Å². The van der Waals surface area contributed by atoms with E-state index in [9.17, 15) is 18.0 Å². The highest BCUT2D eigenvalue weighted by molar-refractivity contribution is 7.92. The molecule has 0 fully saturated rings. The number of benzene rings is 3. The van der Waals surface area contributed by atoms with Crippen molar-refractivity contribution in [3.05, 3.63) is 89.5 Å². The van der Waals surface area contributed by atoms with Crippen molar-refractivity contribution < 1.29 is 27.5 Å². The maximum absolute atomic E-state index is 13.2. The molecule has 8 heteroatoms. The first-order chi connectivity index (χ1) is 15.8. The molecule has 1 aliphatic rings. The van der Waals surface area contributed by atoms with E-state index in [1.807, 2.05) is 12.1 Å². The van der Waals surface area contributed by atoms with Crippen molar-refractivity contribution in [1.82, 2.24) is 0 Å². The molecule has 0 saturated carbocycles. The van der Waals surface area contributed by atoms with Crippen LogP contribution in [0.4, 0.5) is 5.69 Å². The fourth-order valence-electron chi connectivity index (χ4n) is 3.74. The van der Waals surface area contributed by atoms with Gasteiger partial charge in [-0.15, -0.1) is 0 Å². The molecule has 0 N–H and O–H groups in total. The van der Waals surface area contributed by atoms with E-state index < -0.39 is 22.1 Å². The van der Waals surface area contributed by atoms with Crippen LogP contribution in [0.1, 0.15) is 33.2 Å². The van der Waals surface area contributed by atoms with E-state index in [1.165, 1.54) is 42.6 Å². The Hall–Kier alpha value is -3.65. The van der Waals surface area contributed by atoms with Gasteiger partial charge in [-0.05, 0) is 67.4 Å². The third kappa shape index (κ3) is 4.47. The molecule has 0 saturated heterocycles. The van der Waals surface area contributed by atoms with Crippen LogP contribution in [0.15, 0.2) is 77.7 Å². The number of methoxy groups -OCH3 is 1. The molecule has 170 valence electrons. The Morgan fingerprint density at radius 3 is 2.39 bits per heavy atom. The lowest BCUT2D eigenvalue weighted by molar-refractivity contribution is 0.0318. The third-order valence-electron chi connectivity index (χ3n) is 5.53. The number of rotatable bonds is 7. The van der Waals surface area contributed by atoms with E-state index in [1.54, 1.807) is 36.4 Å². The van der Waals surface area contributed by atoms with E-state index >= 15 is 0 Å². The minimum absolute atomic E-state index is 0.0113. The van der Waals surface area contributed by atoms with Crippen molar-refractivity contribution >= 4 is 27.5 Å². The first-order valence-corrected chi connectivity index (χ1v) is 11.9. The van der Waals surface area contributed by atoms with Gasteiger partial charge in [0.05, 0.1) is 23.3 Å². The second-order valence-corrected chi connectivity index (χ2v) is 9.49. The average molecular weight is 466 g/mol. The van der Waals surface area contributed by atoms with Gasteiger partial charge in [0.15, 0.2) is 6.10 Å². The molecule has 0 aliphatic carbocycles. The van der Waals surface area contributed by atoms with E-state index in [-0.39, 0.29) is 16.2 Å². The SMILES string of the molecule is COc1ccc(C(=O)C(C)OC(=O)c2cccc(S(=O)(=O)N3CCc4ccccc43)c2)cc1. The number of carbonyl (C=O) groups excluding carboxylic acids is 2. The van der Waals surface area contributed by atoms with Crippen LogP contribution < -0.4 is 9.04 Å². The molecule has 0 amide bonds. The van der Waals surface area contributed by atoms with Gasteiger partial charge < -0.3 is 9.47 Å². The zero-order valence-corrected chi connectivity index (χ0v) is 19.0. The van der Waals surface area contributed by atoms with Crippen molar-refractivity contribution in [2.24, 2.45) is 0 Å². The molecule has 0 bridgehead atoms. The van der Waals surface area contributed by atoms with Gasteiger partial charge in [0, 0.05) is 12.1 Å². The molecule has 1 atom stereocenters. The predicted molar refractivity (Wildman–Crippen MR) is 123 cm³/mol. The zero-order chi connectivity index (χ0) is 23.6. The molecule has 0 spiro atoms. The van der Waals surface area contributed by atoms with Crippen LogP contribution in [0.3, 0.4) is 0 Å². The van der Waals surface area contributed by atoms with E-state index in [4.69, 9.17) is 9.47 Å². The molecule has 1 aliphatic heterocycles. The molecule has 3 aromatic carbocycles. The number of anilines is 1. The van der Waals surface area contributed by atoms with Gasteiger partial charge in [-0.3, -0.25) is 9.10 Å². The molecule has 0 radical (unpaired) electrons. The van der Waals surface area contributed by atoms with Crippen molar-refractivity contribution in [2.45, 2.75) is 24.3 Å². The number of hydrogen-bond acceptors (Lipinski definition) is 6. The second-order valence-electron chi connectivity index (χ2n) is 7.62. The number of esters is 1. The zero-order valence-electron chi connectivity index (χ0n) is 18.2. The van der Waals surface area contributed by atoms with Gasteiger partial charge >= 0.3 is 5.97 Å². The second kappa shape index (κ2) is 9.07. The molecule has 1 unspecified atom stereocenters. The standard InChI is InChI=1S/C25H23NO6S/c1-17(24(27)19-10-12-21(31-2)13-11-19)32-25(28)20-7-5-8-22(16-20)33(29,30)26-15-14-18-6-3-4-9-23(18)26/h3-13,16-17H,14-15H2,1-2H3. The highest BCUT2D eigenvalue weighted by atomic mass is 32.2. The van der Waals surface area contributed by atoms with Crippen LogP contribution in [0.2, 0.25) is 0 Å². The van der Waals surface area contributed by atoms with Crippen LogP contribution in [-0.2, 0) is 21.2 Å². The van der Waals surface area contributed by atoms with E-state index in [2.05, 4.69) is 0 Å². The molecular weight excluding hydrogens is 442 g/mol.